The highest BCUT2D eigenvalue weighted by Gasteiger charge is 2.17. The molecule has 0 aromatic heterocycles. The maximum atomic E-state index is 10.6. The maximum absolute atomic E-state index is 10.6. The number of nitrogen functional groups attached to an aromatic ring is 1. The summed E-state index contributed by atoms with van der Waals surface area (Å²) >= 11 is 5.85. The molecule has 0 unspecified atom stereocenters. The van der Waals surface area contributed by atoms with E-state index in [-0.39, 0.29) is 0 Å². The summed E-state index contributed by atoms with van der Waals surface area (Å²) in [6.07, 6.45) is 0.891. The summed E-state index contributed by atoms with van der Waals surface area (Å²) in [5.74, 6) is 0. The number of halogens is 1. The van der Waals surface area contributed by atoms with E-state index in [1.54, 1.807) is 11.0 Å². The zero-order valence-corrected chi connectivity index (χ0v) is 9.65. The fraction of sp³-hybridized carbons (Fsp3) is 0.364. The van der Waals surface area contributed by atoms with Crippen LogP contribution in [0.3, 0.4) is 0 Å². The molecule has 86 valence electrons. The van der Waals surface area contributed by atoms with Crippen molar-refractivity contribution >= 4 is 29.4 Å². The number of benzene rings is 1. The lowest BCUT2D eigenvalue weighted by atomic mass is 10.2. The van der Waals surface area contributed by atoms with Crippen LogP contribution in [-0.2, 0) is 4.79 Å². The van der Waals surface area contributed by atoms with Gasteiger partial charge in [-0.3, -0.25) is 4.79 Å². The van der Waals surface area contributed by atoms with E-state index in [2.05, 4.69) is 4.90 Å². The average molecular weight is 240 g/mol. The third kappa shape index (κ3) is 2.22. The van der Waals surface area contributed by atoms with Gasteiger partial charge in [0.05, 0.1) is 11.4 Å². The molecule has 0 atom stereocenters. The van der Waals surface area contributed by atoms with E-state index in [0.717, 1.165) is 38.3 Å². The predicted octanol–water partition coefficient (Wildman–Crippen LogP) is 1.20. The van der Waals surface area contributed by atoms with E-state index in [1.165, 1.54) is 0 Å². The minimum Gasteiger partial charge on any atom is -0.397 e. The lowest BCUT2D eigenvalue weighted by Gasteiger charge is -2.34. The second kappa shape index (κ2) is 4.61. The van der Waals surface area contributed by atoms with Crippen molar-refractivity contribution in [3.8, 4) is 0 Å². The van der Waals surface area contributed by atoms with E-state index in [0.29, 0.717) is 10.7 Å². The van der Waals surface area contributed by atoms with Crippen molar-refractivity contribution in [3.63, 3.8) is 0 Å². The maximum Gasteiger partial charge on any atom is 0.209 e. The lowest BCUT2D eigenvalue weighted by Crippen LogP contribution is -2.45. The second-order valence-electron chi connectivity index (χ2n) is 3.83. The van der Waals surface area contributed by atoms with Crippen molar-refractivity contribution in [3.05, 3.63) is 23.2 Å². The summed E-state index contributed by atoms with van der Waals surface area (Å²) in [7, 11) is 0. The zero-order chi connectivity index (χ0) is 11.5. The molecule has 0 bridgehead atoms. The van der Waals surface area contributed by atoms with Gasteiger partial charge >= 0.3 is 0 Å². The van der Waals surface area contributed by atoms with Crippen LogP contribution in [0.1, 0.15) is 0 Å². The van der Waals surface area contributed by atoms with Crippen molar-refractivity contribution in [2.75, 3.05) is 36.8 Å². The average Bonchev–Trinajstić information content (AvgIpc) is 2.29. The van der Waals surface area contributed by atoms with Gasteiger partial charge in [-0.15, -0.1) is 0 Å². The molecule has 1 saturated heterocycles. The molecular weight excluding hydrogens is 226 g/mol. The van der Waals surface area contributed by atoms with Crippen molar-refractivity contribution in [1.29, 1.82) is 0 Å². The molecule has 5 heteroatoms. The first-order valence-electron chi connectivity index (χ1n) is 5.20. The Morgan fingerprint density at radius 3 is 2.50 bits per heavy atom. The molecule has 2 rings (SSSR count). The van der Waals surface area contributed by atoms with Crippen LogP contribution < -0.4 is 10.6 Å². The molecule has 0 radical (unpaired) electrons. The lowest BCUT2D eigenvalue weighted by molar-refractivity contribution is -0.118. The third-order valence-corrected chi connectivity index (χ3v) is 3.03. The highest BCUT2D eigenvalue weighted by molar-refractivity contribution is 6.31. The molecule has 1 heterocycles. The number of nitrogens with zero attached hydrogens (tertiary/aromatic N) is 2. The number of hydrogen-bond acceptors (Lipinski definition) is 3. The van der Waals surface area contributed by atoms with E-state index < -0.39 is 0 Å². The van der Waals surface area contributed by atoms with Crippen molar-refractivity contribution in [1.82, 2.24) is 4.90 Å². The molecule has 4 nitrogen and oxygen atoms in total. The first kappa shape index (κ1) is 11.1. The summed E-state index contributed by atoms with van der Waals surface area (Å²) in [6.45, 7) is 3.10. The number of anilines is 2. The van der Waals surface area contributed by atoms with E-state index in [4.69, 9.17) is 17.3 Å². The van der Waals surface area contributed by atoms with E-state index in [9.17, 15) is 4.79 Å². The normalized spacial score (nSPS) is 16.3. The number of piperazine rings is 1. The minimum absolute atomic E-state index is 0.646. The van der Waals surface area contributed by atoms with Crippen molar-refractivity contribution < 1.29 is 4.79 Å². The van der Waals surface area contributed by atoms with Crippen LogP contribution in [0.5, 0.6) is 0 Å². The number of rotatable bonds is 2. The monoisotopic (exact) mass is 239 g/mol. The highest BCUT2D eigenvalue weighted by atomic mass is 35.5. The highest BCUT2D eigenvalue weighted by Crippen LogP contribution is 2.27. The number of carbonyl (C=O) groups is 1. The van der Waals surface area contributed by atoms with Gasteiger partial charge in [-0.05, 0) is 18.2 Å². The smallest absolute Gasteiger partial charge is 0.209 e. The summed E-state index contributed by atoms with van der Waals surface area (Å²) < 4.78 is 0. The van der Waals surface area contributed by atoms with Crippen LogP contribution in [0.4, 0.5) is 11.4 Å². The molecule has 0 spiro atoms. The Balaban J connectivity index is 2.11. The Hall–Kier alpha value is -1.42. The molecule has 1 aromatic carbocycles. The fourth-order valence-electron chi connectivity index (χ4n) is 1.88. The Morgan fingerprint density at radius 2 is 1.94 bits per heavy atom. The van der Waals surface area contributed by atoms with Gasteiger partial charge in [0.1, 0.15) is 0 Å². The molecule has 1 aliphatic heterocycles. The third-order valence-electron chi connectivity index (χ3n) is 2.79. The fourth-order valence-corrected chi connectivity index (χ4v) is 2.06. The molecule has 1 aromatic rings. The predicted molar refractivity (Wildman–Crippen MR) is 65.7 cm³/mol. The van der Waals surface area contributed by atoms with Crippen LogP contribution in [0.2, 0.25) is 5.02 Å². The summed E-state index contributed by atoms with van der Waals surface area (Å²) in [6, 6.07) is 5.51. The Morgan fingerprint density at radius 1 is 1.25 bits per heavy atom. The van der Waals surface area contributed by atoms with Gasteiger partial charge < -0.3 is 15.5 Å². The van der Waals surface area contributed by atoms with Gasteiger partial charge in [-0.25, -0.2) is 0 Å². The topological polar surface area (TPSA) is 49.6 Å². The van der Waals surface area contributed by atoms with E-state index >= 15 is 0 Å². The quantitative estimate of drug-likeness (QED) is 0.623. The molecule has 16 heavy (non-hydrogen) atoms. The number of hydrogen-bond donors (Lipinski definition) is 1. The standard InChI is InChI=1S/C11H14ClN3O/c12-9-1-2-11(10(13)7-9)15-5-3-14(8-16)4-6-15/h1-2,7-8H,3-6,13H2. The van der Waals surface area contributed by atoms with Crippen LogP contribution >= 0.6 is 11.6 Å². The molecule has 0 aliphatic carbocycles. The number of nitrogens with two attached hydrogens (primary N) is 1. The zero-order valence-electron chi connectivity index (χ0n) is 8.90. The minimum atomic E-state index is 0.646. The largest absolute Gasteiger partial charge is 0.397 e. The summed E-state index contributed by atoms with van der Waals surface area (Å²) in [5.41, 5.74) is 7.59. The Bertz CT molecular complexity index is 389. The van der Waals surface area contributed by atoms with Crippen LogP contribution in [-0.4, -0.2) is 37.5 Å². The van der Waals surface area contributed by atoms with Crippen molar-refractivity contribution in [2.24, 2.45) is 0 Å². The second-order valence-corrected chi connectivity index (χ2v) is 4.27. The van der Waals surface area contributed by atoms with Crippen molar-refractivity contribution in [2.45, 2.75) is 0 Å². The first-order chi connectivity index (χ1) is 7.70. The Kier molecular flexibility index (Phi) is 3.19. The molecule has 1 fully saturated rings. The van der Waals surface area contributed by atoms with Crippen LogP contribution in [0.25, 0.3) is 0 Å². The molecular formula is C11H14ClN3O. The number of carbonyl (C=O) groups excluding carboxylic acids is 1. The Labute approximate surface area is 99.6 Å². The molecule has 2 N–H and O–H groups in total. The van der Waals surface area contributed by atoms with E-state index in [1.807, 2.05) is 12.1 Å². The number of amides is 1. The van der Waals surface area contributed by atoms with Crippen LogP contribution in [0.15, 0.2) is 18.2 Å². The SMILES string of the molecule is Nc1cc(Cl)ccc1N1CCN(C=O)CC1. The first-order valence-corrected chi connectivity index (χ1v) is 5.58. The molecule has 0 saturated carbocycles. The van der Waals surface area contributed by atoms with Gasteiger partial charge in [-0.1, -0.05) is 11.6 Å². The van der Waals surface area contributed by atoms with Gasteiger partial charge in [0.25, 0.3) is 0 Å². The van der Waals surface area contributed by atoms with Gasteiger partial charge in [0.15, 0.2) is 0 Å². The van der Waals surface area contributed by atoms with Gasteiger partial charge in [0, 0.05) is 31.2 Å². The molecule has 1 aliphatic rings. The van der Waals surface area contributed by atoms with Gasteiger partial charge in [-0.2, -0.15) is 0 Å². The summed E-state index contributed by atoms with van der Waals surface area (Å²) in [4.78, 5) is 14.5. The van der Waals surface area contributed by atoms with Gasteiger partial charge in [0.2, 0.25) is 6.41 Å². The molecule has 1 amide bonds. The summed E-state index contributed by atoms with van der Waals surface area (Å²) in [5, 5.41) is 0.646. The van der Waals surface area contributed by atoms with Crippen LogP contribution in [0, 0.1) is 0 Å².